The molecule has 0 bridgehead atoms. The maximum absolute atomic E-state index is 0. The van der Waals surface area contributed by atoms with Crippen LogP contribution in [0.1, 0.15) is 0 Å². The standard InChI is InChI=1S/H2O.3O.2Zr/h1H2;;;;;/q;3*-2;2*+4. The van der Waals surface area contributed by atoms with Crippen LogP contribution in [0, 0.1) is 0 Å². The van der Waals surface area contributed by atoms with Crippen molar-refractivity contribution in [2.24, 2.45) is 0 Å². The topological polar surface area (TPSA) is 117 Å². The molecule has 0 atom stereocenters. The van der Waals surface area contributed by atoms with Gasteiger partial charge < -0.3 is 21.9 Å². The van der Waals surface area contributed by atoms with E-state index in [2.05, 4.69) is 0 Å². The van der Waals surface area contributed by atoms with Crippen LogP contribution in [0.5, 0.6) is 0 Å². The molecular weight excluding hydrogens is 246 g/mol. The van der Waals surface area contributed by atoms with Gasteiger partial charge in [-0.2, -0.15) is 0 Å². The summed E-state index contributed by atoms with van der Waals surface area (Å²) in [6, 6.07) is 0. The van der Waals surface area contributed by atoms with E-state index in [9.17, 15) is 0 Å². The van der Waals surface area contributed by atoms with Crippen molar-refractivity contribution in [3.8, 4) is 0 Å². The van der Waals surface area contributed by atoms with Crippen molar-refractivity contribution < 1.29 is 74.3 Å². The van der Waals surface area contributed by atoms with E-state index in [4.69, 9.17) is 0 Å². The second-order valence-electron chi connectivity index (χ2n) is 0. The molecule has 0 heterocycles. The van der Waals surface area contributed by atoms with Crippen LogP contribution in [-0.4, -0.2) is 5.48 Å². The smallest absolute Gasteiger partial charge is 2.00 e. The second-order valence-corrected chi connectivity index (χ2v) is 0. The zero-order valence-electron chi connectivity index (χ0n) is 2.72. The zero-order valence-corrected chi connectivity index (χ0v) is 7.64. The molecule has 6 heteroatoms. The van der Waals surface area contributed by atoms with Crippen LogP contribution in [0.4, 0.5) is 0 Å². The van der Waals surface area contributed by atoms with Gasteiger partial charge >= 0.3 is 52.4 Å². The van der Waals surface area contributed by atoms with Gasteiger partial charge in [0.05, 0.1) is 0 Å². The predicted octanol–water partition coefficient (Wildman–Crippen LogP) is -1.19. The zero-order chi connectivity index (χ0) is 0. The summed E-state index contributed by atoms with van der Waals surface area (Å²) in [5.74, 6) is 0. The Morgan fingerprint density at radius 3 is 0.500 bits per heavy atom. The summed E-state index contributed by atoms with van der Waals surface area (Å²) in [4.78, 5) is 0. The van der Waals surface area contributed by atoms with Crippen LogP contribution in [0.3, 0.4) is 0 Å². The molecule has 4 nitrogen and oxygen atoms in total. The van der Waals surface area contributed by atoms with Gasteiger partial charge in [0.1, 0.15) is 0 Å². The Bertz CT molecular complexity index is 5.51. The minimum absolute atomic E-state index is 0. The molecule has 0 unspecified atom stereocenters. The van der Waals surface area contributed by atoms with E-state index in [1.165, 1.54) is 0 Å². The predicted molar refractivity (Wildman–Crippen MR) is 5.67 cm³/mol. The summed E-state index contributed by atoms with van der Waals surface area (Å²) in [5.41, 5.74) is 0. The average molecular weight is 248 g/mol. The van der Waals surface area contributed by atoms with Crippen LogP contribution < -0.4 is 0 Å². The third-order valence-electron chi connectivity index (χ3n) is 0. The molecule has 32 valence electrons. The van der Waals surface area contributed by atoms with E-state index in [0.29, 0.717) is 0 Å². The summed E-state index contributed by atoms with van der Waals surface area (Å²) >= 11 is 0. The second kappa shape index (κ2) is 80.5. The van der Waals surface area contributed by atoms with E-state index < -0.39 is 0 Å². The van der Waals surface area contributed by atoms with Crippen molar-refractivity contribution in [1.29, 1.82) is 0 Å². The molecule has 2 N–H and O–H groups in total. The van der Waals surface area contributed by atoms with Crippen molar-refractivity contribution in [3.05, 3.63) is 0 Å². The van der Waals surface area contributed by atoms with Gasteiger partial charge in [-0.1, -0.05) is 0 Å². The average Bonchev–Trinajstić information content (AvgIpc) is 0. The van der Waals surface area contributed by atoms with E-state index in [1.54, 1.807) is 0 Å². The van der Waals surface area contributed by atoms with Gasteiger partial charge in [0.25, 0.3) is 0 Å². The molecule has 0 aliphatic rings. The fourth-order valence-electron chi connectivity index (χ4n) is 0. The molecular formula is H2O4Zr2+2. The first-order chi connectivity index (χ1) is 0. The molecule has 6 heavy (non-hydrogen) atoms. The summed E-state index contributed by atoms with van der Waals surface area (Å²) in [5, 5.41) is 0. The molecule has 0 spiro atoms. The van der Waals surface area contributed by atoms with E-state index in [0.717, 1.165) is 0 Å². The molecule has 0 fully saturated rings. The number of hydrogen-bond acceptors (Lipinski definition) is 0. The van der Waals surface area contributed by atoms with Crippen molar-refractivity contribution in [2.75, 3.05) is 0 Å². The first-order valence-electron chi connectivity index (χ1n) is 0. The van der Waals surface area contributed by atoms with Gasteiger partial charge in [0, 0.05) is 0 Å². The van der Waals surface area contributed by atoms with Crippen LogP contribution in [0.15, 0.2) is 0 Å². The monoisotopic (exact) mass is 246 g/mol. The van der Waals surface area contributed by atoms with Gasteiger partial charge in [0.15, 0.2) is 0 Å². The minimum Gasteiger partial charge on any atom is -2.00 e. The van der Waals surface area contributed by atoms with Crippen LogP contribution >= 0.6 is 0 Å². The third-order valence-corrected chi connectivity index (χ3v) is 0. The Hall–Kier alpha value is 1.61. The van der Waals surface area contributed by atoms with Gasteiger partial charge in [-0.3, -0.25) is 0 Å². The first-order valence-corrected chi connectivity index (χ1v) is 0. The number of hydrogen-bond donors (Lipinski definition) is 0. The molecule has 0 aromatic rings. The fourth-order valence-corrected chi connectivity index (χ4v) is 0. The summed E-state index contributed by atoms with van der Waals surface area (Å²) in [6.45, 7) is 0. The van der Waals surface area contributed by atoms with Gasteiger partial charge in [-0.25, -0.2) is 0 Å². The quantitative estimate of drug-likeness (QED) is 0.513. The van der Waals surface area contributed by atoms with Crippen molar-refractivity contribution in [2.45, 2.75) is 0 Å². The minimum atomic E-state index is 0. The van der Waals surface area contributed by atoms with Crippen molar-refractivity contribution in [3.63, 3.8) is 0 Å². The van der Waals surface area contributed by atoms with Gasteiger partial charge in [0.2, 0.25) is 0 Å². The first kappa shape index (κ1) is 129. The maximum atomic E-state index is 0. The fraction of sp³-hybridized carbons (Fsp3) is 0. The summed E-state index contributed by atoms with van der Waals surface area (Å²) in [7, 11) is 0. The molecule has 0 aliphatic carbocycles. The third kappa shape index (κ3) is 46.1. The molecule has 0 radical (unpaired) electrons. The maximum Gasteiger partial charge on any atom is 4.00 e. The largest absolute Gasteiger partial charge is 4.00 e. The molecule has 0 aromatic carbocycles. The Kier molecular flexibility index (Phi) is 1730. The summed E-state index contributed by atoms with van der Waals surface area (Å²) in [6.07, 6.45) is 0. The van der Waals surface area contributed by atoms with E-state index >= 15 is 0 Å². The summed E-state index contributed by atoms with van der Waals surface area (Å²) < 4.78 is 0. The van der Waals surface area contributed by atoms with Crippen LogP contribution in [0.25, 0.3) is 0 Å². The van der Waals surface area contributed by atoms with Gasteiger partial charge in [-0.15, -0.1) is 0 Å². The van der Waals surface area contributed by atoms with Crippen LogP contribution in [0.2, 0.25) is 0 Å². The molecule has 0 rings (SSSR count). The normalized spacial score (nSPS) is 0. The van der Waals surface area contributed by atoms with Crippen molar-refractivity contribution >= 4 is 0 Å². The van der Waals surface area contributed by atoms with E-state index in [-0.39, 0.29) is 74.3 Å². The molecule has 0 aromatic heterocycles. The Morgan fingerprint density at radius 1 is 0.500 bits per heavy atom. The van der Waals surface area contributed by atoms with Crippen LogP contribution in [-0.2, 0) is 68.8 Å². The number of rotatable bonds is 0. The molecule has 0 saturated carbocycles. The Balaban J connectivity index is 0. The van der Waals surface area contributed by atoms with E-state index in [1.807, 2.05) is 0 Å². The Labute approximate surface area is 73.8 Å². The molecule has 0 saturated heterocycles. The van der Waals surface area contributed by atoms with Gasteiger partial charge in [-0.05, 0) is 0 Å². The Morgan fingerprint density at radius 2 is 0.500 bits per heavy atom. The molecule has 0 aliphatic heterocycles. The molecule has 0 amide bonds. The van der Waals surface area contributed by atoms with Crippen molar-refractivity contribution in [1.82, 2.24) is 0 Å². The SMILES string of the molecule is O.[O-2].[O-2].[O-2].[Zr+4].[Zr+4].